The molecule has 0 unspecified atom stereocenters. The summed E-state index contributed by atoms with van der Waals surface area (Å²) in [6.07, 6.45) is 7.65. The van der Waals surface area contributed by atoms with Crippen LogP contribution in [0.15, 0.2) is 46.5 Å². The molecule has 1 amide bonds. The van der Waals surface area contributed by atoms with E-state index in [1.807, 2.05) is 17.9 Å². The Balaban J connectivity index is 0.000000172. The van der Waals surface area contributed by atoms with Crippen LogP contribution in [-0.2, 0) is 13.0 Å². The summed E-state index contributed by atoms with van der Waals surface area (Å²) in [5.41, 5.74) is 3.94. The predicted octanol–water partition coefficient (Wildman–Crippen LogP) is 1.66. The number of amides is 1. The van der Waals surface area contributed by atoms with Crippen LogP contribution >= 0.6 is 0 Å². The number of ether oxygens (including phenoxy) is 1. The van der Waals surface area contributed by atoms with Crippen molar-refractivity contribution in [2.45, 2.75) is 32.7 Å². The number of fused-ring (bicyclic) bond motifs is 1. The molecule has 10 heteroatoms. The number of likely N-dealkylation sites (tertiary alicyclic amines) is 1. The highest BCUT2D eigenvalue weighted by molar-refractivity contribution is 5.94. The largest absolute Gasteiger partial charge is 0.481 e. The number of pyridine rings is 2. The summed E-state index contributed by atoms with van der Waals surface area (Å²) in [4.78, 5) is 52.0. The van der Waals surface area contributed by atoms with Gasteiger partial charge < -0.3 is 24.5 Å². The monoisotopic (exact) mass is 464 g/mol. The zero-order valence-electron chi connectivity index (χ0n) is 19.3. The molecule has 0 saturated carbocycles. The Morgan fingerprint density at radius 3 is 2.56 bits per heavy atom. The third-order valence-corrected chi connectivity index (χ3v) is 6.00. The van der Waals surface area contributed by atoms with Gasteiger partial charge >= 0.3 is 0 Å². The molecule has 2 aliphatic heterocycles. The molecule has 1 saturated heterocycles. The molecule has 2 aliphatic rings. The zero-order chi connectivity index (χ0) is 24.1. The van der Waals surface area contributed by atoms with Crippen molar-refractivity contribution in [3.05, 3.63) is 80.0 Å². The minimum Gasteiger partial charge on any atom is -0.481 e. The Morgan fingerprint density at radius 1 is 1.09 bits per heavy atom. The number of carbonyl (C=O) groups excluding carboxylic acids is 1. The fraction of sp³-hybridized carbons (Fsp3) is 0.375. The molecule has 3 aromatic rings. The summed E-state index contributed by atoms with van der Waals surface area (Å²) in [5.74, 6) is 0.643. The van der Waals surface area contributed by atoms with Crippen molar-refractivity contribution >= 4 is 11.6 Å². The Bertz CT molecular complexity index is 1260. The number of aromatic nitrogens is 4. The Kier molecular flexibility index (Phi) is 7.05. The first-order chi connectivity index (χ1) is 16.5. The number of carbonyl (C=O) groups is 1. The lowest BCUT2D eigenvalue weighted by Gasteiger charge is -2.29. The lowest BCUT2D eigenvalue weighted by Crippen LogP contribution is -2.35. The molecule has 0 aliphatic carbocycles. The van der Waals surface area contributed by atoms with Gasteiger partial charge in [-0.3, -0.25) is 14.4 Å². The topological polar surface area (TPSA) is 124 Å². The Morgan fingerprint density at radius 2 is 1.88 bits per heavy atom. The van der Waals surface area contributed by atoms with E-state index in [0.29, 0.717) is 18.0 Å². The lowest BCUT2D eigenvalue weighted by atomic mass is 10.1. The molecule has 34 heavy (non-hydrogen) atoms. The molecule has 10 nitrogen and oxygen atoms in total. The van der Waals surface area contributed by atoms with Crippen molar-refractivity contribution in [3.63, 3.8) is 0 Å². The molecule has 0 aromatic carbocycles. The minimum absolute atomic E-state index is 0.0127. The molecule has 0 spiro atoms. The van der Waals surface area contributed by atoms with Crippen LogP contribution in [0.5, 0.6) is 5.88 Å². The normalized spacial score (nSPS) is 14.8. The van der Waals surface area contributed by atoms with E-state index in [1.165, 1.54) is 18.6 Å². The minimum atomic E-state index is -0.178. The zero-order valence-corrected chi connectivity index (χ0v) is 19.3. The van der Waals surface area contributed by atoms with Crippen LogP contribution in [0.1, 0.15) is 40.0 Å². The van der Waals surface area contributed by atoms with E-state index in [9.17, 15) is 14.4 Å². The maximum absolute atomic E-state index is 11.9. The number of aromatic amines is 2. The van der Waals surface area contributed by atoms with Crippen molar-refractivity contribution < 1.29 is 9.53 Å². The van der Waals surface area contributed by atoms with E-state index >= 15 is 0 Å². The van der Waals surface area contributed by atoms with Crippen molar-refractivity contribution in [2.75, 3.05) is 31.6 Å². The Labute approximate surface area is 196 Å². The number of methoxy groups -OCH3 is 1. The number of H-pyrrole nitrogens is 2. The Hall–Kier alpha value is -3.95. The quantitative estimate of drug-likeness (QED) is 0.604. The summed E-state index contributed by atoms with van der Waals surface area (Å²) < 4.78 is 5.17. The maximum atomic E-state index is 11.9. The van der Waals surface area contributed by atoms with Crippen molar-refractivity contribution in [1.29, 1.82) is 0 Å². The van der Waals surface area contributed by atoms with Crippen molar-refractivity contribution in [2.24, 2.45) is 0 Å². The summed E-state index contributed by atoms with van der Waals surface area (Å²) in [7, 11) is 1.61. The highest BCUT2D eigenvalue weighted by Crippen LogP contribution is 2.25. The maximum Gasteiger partial charge on any atom is 0.255 e. The second kappa shape index (κ2) is 10.3. The van der Waals surface area contributed by atoms with Gasteiger partial charge in [-0.1, -0.05) is 0 Å². The molecular formula is C24H28N6O4. The summed E-state index contributed by atoms with van der Waals surface area (Å²) >= 11 is 0. The molecule has 2 N–H and O–H groups in total. The van der Waals surface area contributed by atoms with Gasteiger partial charge in [0.2, 0.25) is 11.4 Å². The number of rotatable bonds is 3. The van der Waals surface area contributed by atoms with Crippen LogP contribution in [-0.4, -0.2) is 57.5 Å². The SMILES string of the molecule is COc1ncc(N2CCc3nc[nH]c(=O)c3C2)cc1C.O=C(c1ccc(=O)[nH]c1)N1CCCC1. The van der Waals surface area contributed by atoms with Gasteiger partial charge in [-0.05, 0) is 31.9 Å². The molecule has 178 valence electrons. The van der Waals surface area contributed by atoms with Gasteiger partial charge in [-0.25, -0.2) is 9.97 Å². The molecule has 5 heterocycles. The van der Waals surface area contributed by atoms with Crippen LogP contribution in [0, 0.1) is 6.92 Å². The fourth-order valence-electron chi connectivity index (χ4n) is 4.16. The number of nitrogens with one attached hydrogen (secondary N) is 2. The molecule has 3 aromatic heterocycles. The van der Waals surface area contributed by atoms with Crippen LogP contribution in [0.4, 0.5) is 5.69 Å². The van der Waals surface area contributed by atoms with Crippen LogP contribution in [0.2, 0.25) is 0 Å². The molecule has 0 atom stereocenters. The highest BCUT2D eigenvalue weighted by atomic mass is 16.5. The van der Waals surface area contributed by atoms with Gasteiger partial charge in [0.25, 0.3) is 11.5 Å². The smallest absolute Gasteiger partial charge is 0.255 e. The summed E-state index contributed by atoms with van der Waals surface area (Å²) in [5, 5.41) is 0. The molecule has 5 rings (SSSR count). The van der Waals surface area contributed by atoms with Gasteiger partial charge in [0.1, 0.15) is 0 Å². The summed E-state index contributed by atoms with van der Waals surface area (Å²) in [6.45, 7) is 5.01. The van der Waals surface area contributed by atoms with Crippen LogP contribution in [0.3, 0.4) is 0 Å². The van der Waals surface area contributed by atoms with Gasteiger partial charge in [0, 0.05) is 43.9 Å². The number of hydrogen-bond donors (Lipinski definition) is 2. The van der Waals surface area contributed by atoms with E-state index in [1.54, 1.807) is 19.4 Å². The first-order valence-corrected chi connectivity index (χ1v) is 11.3. The van der Waals surface area contributed by atoms with E-state index in [0.717, 1.165) is 61.4 Å². The molecular weight excluding hydrogens is 436 g/mol. The fourth-order valence-corrected chi connectivity index (χ4v) is 4.16. The van der Waals surface area contributed by atoms with Gasteiger partial charge in [-0.2, -0.15) is 0 Å². The third-order valence-electron chi connectivity index (χ3n) is 6.00. The second-order valence-electron chi connectivity index (χ2n) is 8.29. The van der Waals surface area contributed by atoms with Gasteiger partial charge in [-0.15, -0.1) is 0 Å². The average molecular weight is 465 g/mol. The first kappa shape index (κ1) is 23.2. The van der Waals surface area contributed by atoms with Gasteiger partial charge in [0.05, 0.1) is 48.7 Å². The summed E-state index contributed by atoms with van der Waals surface area (Å²) in [6, 6.07) is 4.98. The van der Waals surface area contributed by atoms with E-state index in [2.05, 4.69) is 24.8 Å². The molecule has 1 fully saturated rings. The second-order valence-corrected chi connectivity index (χ2v) is 8.29. The molecule has 0 bridgehead atoms. The van der Waals surface area contributed by atoms with Crippen molar-refractivity contribution in [1.82, 2.24) is 24.8 Å². The van der Waals surface area contributed by atoms with Crippen molar-refractivity contribution in [3.8, 4) is 5.88 Å². The first-order valence-electron chi connectivity index (χ1n) is 11.3. The average Bonchev–Trinajstić information content (AvgIpc) is 3.40. The standard InChI is InChI=1S/C14H16N4O2.C10H12N2O2/c1-9-5-10(6-15-14(9)20-2)18-4-3-12-11(7-18)13(19)17-8-16-12;13-9-4-3-8(7-11-9)10(14)12-5-1-2-6-12/h5-6,8H,3-4,7H2,1-2H3,(H,16,17,19);3-4,7H,1-2,5-6H2,(H,11,13). The van der Waals surface area contributed by atoms with E-state index < -0.39 is 0 Å². The lowest BCUT2D eigenvalue weighted by molar-refractivity contribution is 0.0792. The number of hydrogen-bond acceptors (Lipinski definition) is 7. The predicted molar refractivity (Wildman–Crippen MR) is 127 cm³/mol. The van der Waals surface area contributed by atoms with Gasteiger partial charge in [0.15, 0.2) is 0 Å². The van der Waals surface area contributed by atoms with E-state index in [4.69, 9.17) is 4.74 Å². The highest BCUT2D eigenvalue weighted by Gasteiger charge is 2.21. The number of nitrogens with zero attached hydrogens (tertiary/aromatic N) is 4. The number of aryl methyl sites for hydroxylation is 1. The van der Waals surface area contributed by atoms with Crippen LogP contribution < -0.4 is 20.8 Å². The molecule has 0 radical (unpaired) electrons. The van der Waals surface area contributed by atoms with Crippen LogP contribution in [0.25, 0.3) is 0 Å². The van der Waals surface area contributed by atoms with E-state index in [-0.39, 0.29) is 17.0 Å². The third kappa shape index (κ3) is 5.16. The number of anilines is 1.